The molecule has 2 nitrogen and oxygen atoms in total. The van der Waals surface area contributed by atoms with Gasteiger partial charge in [0.05, 0.1) is 11.3 Å². The average Bonchev–Trinajstić information content (AvgIpc) is 2.36. The summed E-state index contributed by atoms with van der Waals surface area (Å²) in [6.45, 7) is 0. The van der Waals surface area contributed by atoms with Crippen LogP contribution in [0.4, 0.5) is 14.5 Å². The standard InChI is InChI=1S/C7H2Br2FN.C6H4Br2FN/c8-6-1-4(10)2-7(9)5(6)3-11;7-4-1-3(9)2-5(8)6(4)10/h1-2H;1-2H,10H2. The van der Waals surface area contributed by atoms with Crippen LogP contribution >= 0.6 is 63.7 Å². The minimum absolute atomic E-state index is 0.312. The van der Waals surface area contributed by atoms with E-state index < -0.39 is 0 Å². The number of hydrogen-bond donors (Lipinski definition) is 1. The van der Waals surface area contributed by atoms with Crippen LogP contribution in [0.25, 0.3) is 0 Å². The van der Waals surface area contributed by atoms with Crippen molar-refractivity contribution in [2.24, 2.45) is 0 Å². The summed E-state index contributed by atoms with van der Waals surface area (Å²) in [4.78, 5) is 0. The number of nitrogen functional groups attached to an aromatic ring is 1. The third kappa shape index (κ3) is 5.33. The monoisotopic (exact) mass is 544 g/mol. The van der Waals surface area contributed by atoms with Gasteiger partial charge in [0, 0.05) is 17.9 Å². The number of nitrogens with zero attached hydrogens (tertiary/aromatic N) is 1. The zero-order chi connectivity index (χ0) is 16.2. The first-order valence-corrected chi connectivity index (χ1v) is 8.38. The largest absolute Gasteiger partial charge is 0.397 e. The van der Waals surface area contributed by atoms with Crippen LogP contribution < -0.4 is 5.73 Å². The number of halogens is 6. The Hall–Kier alpha value is -0.490. The summed E-state index contributed by atoms with van der Waals surface area (Å²) in [7, 11) is 0. The summed E-state index contributed by atoms with van der Waals surface area (Å²) in [5.74, 6) is -0.685. The second-order valence-corrected chi connectivity index (χ2v) is 7.06. The first-order chi connectivity index (χ1) is 9.76. The van der Waals surface area contributed by atoms with Crippen LogP contribution in [0.15, 0.2) is 42.2 Å². The lowest BCUT2D eigenvalue weighted by Crippen LogP contribution is -1.89. The molecule has 8 heteroatoms. The Balaban J connectivity index is 0.000000211. The number of rotatable bonds is 0. The van der Waals surface area contributed by atoms with Crippen LogP contribution in [0.1, 0.15) is 5.56 Å². The van der Waals surface area contributed by atoms with Gasteiger partial charge in [-0.1, -0.05) is 0 Å². The summed E-state index contributed by atoms with van der Waals surface area (Å²) in [6.07, 6.45) is 0. The Labute approximate surface area is 153 Å². The molecule has 0 fully saturated rings. The molecule has 0 aliphatic rings. The van der Waals surface area contributed by atoms with Crippen molar-refractivity contribution >= 4 is 69.4 Å². The van der Waals surface area contributed by atoms with E-state index in [1.807, 2.05) is 6.07 Å². The highest BCUT2D eigenvalue weighted by Crippen LogP contribution is 2.28. The number of benzene rings is 2. The molecule has 2 rings (SSSR count). The lowest BCUT2D eigenvalue weighted by Gasteiger charge is -1.99. The molecule has 0 aliphatic carbocycles. The fourth-order valence-corrected chi connectivity index (χ4v) is 3.64. The Morgan fingerprint density at radius 2 is 1.14 bits per heavy atom. The van der Waals surface area contributed by atoms with Crippen LogP contribution in [0.3, 0.4) is 0 Å². The molecule has 2 N–H and O–H groups in total. The molecule has 21 heavy (non-hydrogen) atoms. The Bertz CT molecular complexity index is 668. The van der Waals surface area contributed by atoms with Gasteiger partial charge in [0.2, 0.25) is 0 Å². The van der Waals surface area contributed by atoms with E-state index in [0.29, 0.717) is 29.1 Å². The lowest BCUT2D eigenvalue weighted by atomic mass is 10.2. The fourth-order valence-electron chi connectivity index (χ4n) is 1.20. The molecule has 0 atom stereocenters. The first kappa shape index (κ1) is 18.6. The summed E-state index contributed by atoms with van der Waals surface area (Å²) >= 11 is 12.3. The van der Waals surface area contributed by atoms with Gasteiger partial charge in [0.25, 0.3) is 0 Å². The molecule has 0 bridgehead atoms. The third-order valence-corrected chi connectivity index (χ3v) is 4.73. The zero-order valence-electron chi connectivity index (χ0n) is 10.1. The van der Waals surface area contributed by atoms with Crippen molar-refractivity contribution in [2.45, 2.75) is 0 Å². The molecule has 0 heterocycles. The molecule has 0 radical (unpaired) electrons. The summed E-state index contributed by atoms with van der Waals surface area (Å²) < 4.78 is 27.1. The molecule has 0 saturated heterocycles. The maximum absolute atomic E-state index is 12.6. The van der Waals surface area contributed by atoms with E-state index in [1.165, 1.54) is 24.3 Å². The fraction of sp³-hybridized carbons (Fsp3) is 0. The van der Waals surface area contributed by atoms with Crippen molar-refractivity contribution in [3.05, 3.63) is 59.4 Å². The molecule has 0 amide bonds. The number of anilines is 1. The highest BCUT2D eigenvalue weighted by atomic mass is 79.9. The number of nitrogens with two attached hydrogens (primary N) is 1. The predicted molar refractivity (Wildman–Crippen MR) is 92.7 cm³/mol. The van der Waals surface area contributed by atoms with Crippen LogP contribution in [0.2, 0.25) is 0 Å². The maximum Gasteiger partial charge on any atom is 0.125 e. The second kappa shape index (κ2) is 8.22. The van der Waals surface area contributed by atoms with Gasteiger partial charge >= 0.3 is 0 Å². The minimum atomic E-state index is -0.372. The zero-order valence-corrected chi connectivity index (χ0v) is 16.4. The molecule has 0 saturated carbocycles. The van der Waals surface area contributed by atoms with Crippen molar-refractivity contribution in [1.29, 1.82) is 5.26 Å². The topological polar surface area (TPSA) is 49.8 Å². The Morgan fingerprint density at radius 1 is 0.810 bits per heavy atom. The molecule has 110 valence electrons. The average molecular weight is 548 g/mol. The van der Waals surface area contributed by atoms with E-state index in [2.05, 4.69) is 63.7 Å². The van der Waals surface area contributed by atoms with Gasteiger partial charge in [-0.3, -0.25) is 0 Å². The van der Waals surface area contributed by atoms with Gasteiger partial charge in [-0.15, -0.1) is 0 Å². The number of hydrogen-bond acceptors (Lipinski definition) is 2. The van der Waals surface area contributed by atoms with Crippen molar-refractivity contribution in [3.8, 4) is 6.07 Å². The summed E-state index contributed by atoms with van der Waals surface area (Å²) in [5, 5.41) is 8.56. The molecule has 2 aromatic rings. The van der Waals surface area contributed by atoms with Gasteiger partial charge in [-0.25, -0.2) is 8.78 Å². The molecular weight excluding hydrogens is 542 g/mol. The molecular formula is C13H6Br4F2N2. The van der Waals surface area contributed by atoms with Crippen molar-refractivity contribution < 1.29 is 8.78 Å². The van der Waals surface area contributed by atoms with Crippen molar-refractivity contribution in [1.82, 2.24) is 0 Å². The van der Waals surface area contributed by atoms with Crippen molar-refractivity contribution in [3.63, 3.8) is 0 Å². The minimum Gasteiger partial charge on any atom is -0.397 e. The highest BCUT2D eigenvalue weighted by molar-refractivity contribution is 9.11. The van der Waals surface area contributed by atoms with E-state index in [0.717, 1.165) is 0 Å². The lowest BCUT2D eigenvalue weighted by molar-refractivity contribution is 0.625. The van der Waals surface area contributed by atoms with Gasteiger partial charge in [0.15, 0.2) is 0 Å². The maximum atomic E-state index is 12.6. The van der Waals surface area contributed by atoms with Gasteiger partial charge in [-0.05, 0) is 88.0 Å². The molecule has 0 aliphatic heterocycles. The number of nitriles is 1. The molecule has 0 unspecified atom stereocenters. The summed E-state index contributed by atoms with van der Waals surface area (Å²) in [5.41, 5.74) is 6.41. The highest BCUT2D eigenvalue weighted by Gasteiger charge is 2.05. The van der Waals surface area contributed by atoms with Crippen LogP contribution in [-0.4, -0.2) is 0 Å². The predicted octanol–water partition coefficient (Wildman–Crippen LogP) is 6.16. The molecule has 0 spiro atoms. The van der Waals surface area contributed by atoms with E-state index >= 15 is 0 Å². The van der Waals surface area contributed by atoms with E-state index in [1.54, 1.807) is 0 Å². The van der Waals surface area contributed by atoms with Gasteiger partial charge in [0.1, 0.15) is 17.7 Å². The Morgan fingerprint density at radius 3 is 1.48 bits per heavy atom. The first-order valence-electron chi connectivity index (χ1n) is 5.21. The van der Waals surface area contributed by atoms with Gasteiger partial charge in [-0.2, -0.15) is 5.26 Å². The van der Waals surface area contributed by atoms with E-state index in [-0.39, 0.29) is 11.6 Å². The smallest absolute Gasteiger partial charge is 0.125 e. The molecule has 2 aromatic carbocycles. The Kier molecular flexibility index (Phi) is 7.27. The van der Waals surface area contributed by atoms with Crippen LogP contribution in [-0.2, 0) is 0 Å². The van der Waals surface area contributed by atoms with E-state index in [4.69, 9.17) is 11.0 Å². The quantitative estimate of drug-likeness (QED) is 0.402. The second-order valence-electron chi connectivity index (χ2n) is 3.64. The van der Waals surface area contributed by atoms with Crippen LogP contribution in [0.5, 0.6) is 0 Å². The third-order valence-electron chi connectivity index (χ3n) is 2.16. The van der Waals surface area contributed by atoms with Crippen LogP contribution in [0, 0.1) is 23.0 Å². The van der Waals surface area contributed by atoms with E-state index in [9.17, 15) is 8.78 Å². The normalized spacial score (nSPS) is 9.57. The SMILES string of the molecule is N#Cc1c(Br)cc(F)cc1Br.Nc1c(Br)cc(F)cc1Br. The molecule has 0 aromatic heterocycles. The van der Waals surface area contributed by atoms with Gasteiger partial charge < -0.3 is 5.73 Å². The summed E-state index contributed by atoms with van der Waals surface area (Å²) in [6, 6.07) is 7.08. The van der Waals surface area contributed by atoms with Crippen molar-refractivity contribution in [2.75, 3.05) is 5.73 Å².